The Labute approximate surface area is 82.5 Å². The molecule has 1 rings (SSSR count). The van der Waals surface area contributed by atoms with E-state index in [4.69, 9.17) is 5.21 Å². The van der Waals surface area contributed by atoms with Gasteiger partial charge in [-0.25, -0.2) is 9.72 Å². The molecular formula is C10H14N2O2. The molecule has 0 aliphatic rings. The average molecular weight is 194 g/mol. The molecule has 14 heavy (non-hydrogen) atoms. The van der Waals surface area contributed by atoms with E-state index in [1.54, 1.807) is 12.1 Å². The largest absolute Gasteiger partial charge is 0.429 e. The summed E-state index contributed by atoms with van der Waals surface area (Å²) in [6.07, 6.45) is 2.85. The van der Waals surface area contributed by atoms with Crippen LogP contribution in [0.25, 0.3) is 0 Å². The van der Waals surface area contributed by atoms with Gasteiger partial charge in [-0.2, -0.15) is 0 Å². The van der Waals surface area contributed by atoms with Crippen molar-refractivity contribution in [1.29, 1.82) is 0 Å². The Kier molecular flexibility index (Phi) is 2.74. The molecule has 4 heteroatoms. The fraction of sp³-hybridized carbons (Fsp3) is 0.400. The van der Waals surface area contributed by atoms with E-state index in [1.165, 1.54) is 12.4 Å². The maximum Gasteiger partial charge on any atom is 0.251 e. The molecule has 0 saturated heterocycles. The van der Waals surface area contributed by atoms with Crippen molar-refractivity contribution in [3.63, 3.8) is 0 Å². The predicted octanol–water partition coefficient (Wildman–Crippen LogP) is 1.20. The van der Waals surface area contributed by atoms with Gasteiger partial charge in [0.25, 0.3) is 5.91 Å². The first-order valence-corrected chi connectivity index (χ1v) is 4.36. The van der Waals surface area contributed by atoms with Crippen molar-refractivity contribution in [2.45, 2.75) is 20.8 Å². The fourth-order valence-corrected chi connectivity index (χ4v) is 0.770. The number of pyridine rings is 1. The second-order valence-corrected chi connectivity index (χ2v) is 4.10. The highest BCUT2D eigenvalue weighted by molar-refractivity contribution is 5.82. The minimum atomic E-state index is -0.467. The minimum Gasteiger partial charge on any atom is -0.429 e. The van der Waals surface area contributed by atoms with Crippen molar-refractivity contribution in [1.82, 2.24) is 4.73 Å². The molecule has 0 unspecified atom stereocenters. The third-order valence-corrected chi connectivity index (χ3v) is 1.67. The van der Waals surface area contributed by atoms with E-state index in [2.05, 4.69) is 4.99 Å². The first-order chi connectivity index (χ1) is 6.39. The molecule has 1 aromatic heterocycles. The van der Waals surface area contributed by atoms with E-state index < -0.39 is 5.41 Å². The van der Waals surface area contributed by atoms with E-state index >= 15 is 0 Å². The predicted molar refractivity (Wildman–Crippen MR) is 51.6 cm³/mol. The van der Waals surface area contributed by atoms with Crippen molar-refractivity contribution in [2.24, 2.45) is 10.4 Å². The molecule has 0 aliphatic carbocycles. The lowest BCUT2D eigenvalue weighted by molar-refractivity contribution is -0.125. The van der Waals surface area contributed by atoms with Gasteiger partial charge in [0.05, 0.1) is 5.36 Å². The Morgan fingerprint density at radius 1 is 1.36 bits per heavy atom. The van der Waals surface area contributed by atoms with Gasteiger partial charge >= 0.3 is 0 Å². The van der Waals surface area contributed by atoms with Gasteiger partial charge < -0.3 is 5.21 Å². The number of hydrogen-bond donors (Lipinski definition) is 1. The Morgan fingerprint density at radius 2 is 1.86 bits per heavy atom. The van der Waals surface area contributed by atoms with Crippen molar-refractivity contribution in [3.05, 3.63) is 29.9 Å². The van der Waals surface area contributed by atoms with Crippen LogP contribution in [0.2, 0.25) is 0 Å². The standard InChI is InChI=1S/C10H14N2O2/c1-10(2,3)9(13)11-8-4-6-12(14)7-5-8/h4-7,14H,1-3H3. The molecule has 1 N–H and O–H groups in total. The monoisotopic (exact) mass is 194 g/mol. The molecule has 0 radical (unpaired) electrons. The molecule has 0 saturated carbocycles. The van der Waals surface area contributed by atoms with E-state index in [0.717, 1.165) is 4.73 Å². The van der Waals surface area contributed by atoms with Gasteiger partial charge in [0, 0.05) is 17.8 Å². The Bertz CT molecular complexity index is 379. The van der Waals surface area contributed by atoms with Crippen LogP contribution in [-0.4, -0.2) is 15.8 Å². The van der Waals surface area contributed by atoms with Crippen LogP contribution < -0.4 is 5.36 Å². The zero-order valence-electron chi connectivity index (χ0n) is 8.56. The van der Waals surface area contributed by atoms with E-state index in [0.29, 0.717) is 5.36 Å². The summed E-state index contributed by atoms with van der Waals surface area (Å²) in [4.78, 5) is 15.4. The summed E-state index contributed by atoms with van der Waals surface area (Å²) in [5.74, 6) is -0.173. The zero-order chi connectivity index (χ0) is 10.8. The number of nitrogens with zero attached hydrogens (tertiary/aromatic N) is 2. The maximum absolute atomic E-state index is 11.5. The van der Waals surface area contributed by atoms with Gasteiger partial charge in [0.2, 0.25) is 0 Å². The first-order valence-electron chi connectivity index (χ1n) is 4.36. The summed E-state index contributed by atoms with van der Waals surface area (Å²) < 4.78 is 0.903. The lowest BCUT2D eigenvalue weighted by atomic mass is 9.96. The highest BCUT2D eigenvalue weighted by atomic mass is 16.5. The highest BCUT2D eigenvalue weighted by Gasteiger charge is 2.19. The molecule has 76 valence electrons. The topological polar surface area (TPSA) is 54.6 Å². The number of carbonyl (C=O) groups excluding carboxylic acids is 1. The number of aromatic nitrogens is 1. The molecule has 4 nitrogen and oxygen atoms in total. The van der Waals surface area contributed by atoms with Gasteiger partial charge in [-0.15, -0.1) is 0 Å². The van der Waals surface area contributed by atoms with Crippen molar-refractivity contribution >= 4 is 5.91 Å². The number of amides is 1. The highest BCUT2D eigenvalue weighted by Crippen LogP contribution is 2.14. The average Bonchev–Trinajstić information content (AvgIpc) is 2.07. The van der Waals surface area contributed by atoms with E-state index in [9.17, 15) is 4.79 Å². The molecule has 0 aliphatic heterocycles. The lowest BCUT2D eigenvalue weighted by Gasteiger charge is -2.11. The zero-order valence-corrected chi connectivity index (χ0v) is 8.56. The quantitative estimate of drug-likeness (QED) is 0.631. The summed E-state index contributed by atoms with van der Waals surface area (Å²) in [6, 6.07) is 3.15. The number of rotatable bonds is 0. The molecule has 1 amide bonds. The van der Waals surface area contributed by atoms with Crippen LogP contribution in [0.1, 0.15) is 20.8 Å². The Balaban J connectivity index is 3.00. The van der Waals surface area contributed by atoms with Crippen LogP contribution in [0.3, 0.4) is 0 Å². The molecule has 1 heterocycles. The van der Waals surface area contributed by atoms with E-state index in [-0.39, 0.29) is 5.91 Å². The van der Waals surface area contributed by atoms with Crippen molar-refractivity contribution in [2.75, 3.05) is 0 Å². The van der Waals surface area contributed by atoms with Crippen molar-refractivity contribution in [3.8, 4) is 0 Å². The normalized spacial score (nSPS) is 11.1. The van der Waals surface area contributed by atoms with Gasteiger partial charge in [0.1, 0.15) is 0 Å². The molecule has 0 fully saturated rings. The number of hydrogen-bond acceptors (Lipinski definition) is 2. The van der Waals surface area contributed by atoms with Gasteiger partial charge in [-0.1, -0.05) is 20.8 Å². The van der Waals surface area contributed by atoms with Crippen LogP contribution in [0.4, 0.5) is 0 Å². The minimum absolute atomic E-state index is 0.173. The summed E-state index contributed by atoms with van der Waals surface area (Å²) in [7, 11) is 0. The van der Waals surface area contributed by atoms with Gasteiger partial charge in [-0.05, 0) is 12.1 Å². The summed E-state index contributed by atoms with van der Waals surface area (Å²) >= 11 is 0. The lowest BCUT2D eigenvalue weighted by Crippen LogP contribution is -2.20. The molecular weight excluding hydrogens is 180 g/mol. The molecule has 0 bridgehead atoms. The van der Waals surface area contributed by atoms with Crippen LogP contribution in [0.5, 0.6) is 0 Å². The third-order valence-electron chi connectivity index (χ3n) is 1.67. The van der Waals surface area contributed by atoms with Crippen LogP contribution in [0, 0.1) is 5.41 Å². The molecule has 0 atom stereocenters. The van der Waals surface area contributed by atoms with Crippen LogP contribution >= 0.6 is 0 Å². The summed E-state index contributed by atoms with van der Waals surface area (Å²) in [5, 5.41) is 9.49. The SMILES string of the molecule is CC(C)(C)C(=O)N=c1ccn(O)cc1. The molecule has 1 aromatic rings. The Hall–Kier alpha value is -1.58. The maximum atomic E-state index is 11.5. The fourth-order valence-electron chi connectivity index (χ4n) is 0.770. The smallest absolute Gasteiger partial charge is 0.251 e. The van der Waals surface area contributed by atoms with Gasteiger partial charge in [-0.3, -0.25) is 4.79 Å². The number of carbonyl (C=O) groups is 1. The van der Waals surface area contributed by atoms with Crippen LogP contribution in [-0.2, 0) is 4.79 Å². The Morgan fingerprint density at radius 3 is 2.29 bits per heavy atom. The molecule has 0 spiro atoms. The summed E-state index contributed by atoms with van der Waals surface area (Å²) in [6.45, 7) is 5.44. The summed E-state index contributed by atoms with van der Waals surface area (Å²) in [5.41, 5.74) is -0.467. The van der Waals surface area contributed by atoms with Crippen LogP contribution in [0.15, 0.2) is 29.5 Å². The van der Waals surface area contributed by atoms with Gasteiger partial charge in [0.15, 0.2) is 0 Å². The molecule has 0 aromatic carbocycles. The first kappa shape index (κ1) is 10.5. The van der Waals surface area contributed by atoms with E-state index in [1.807, 2.05) is 20.8 Å². The second kappa shape index (κ2) is 3.65. The third kappa shape index (κ3) is 2.73. The second-order valence-electron chi connectivity index (χ2n) is 4.10. The van der Waals surface area contributed by atoms with Crippen molar-refractivity contribution < 1.29 is 10.0 Å².